The fourth-order valence-electron chi connectivity index (χ4n) is 4.14. The normalized spacial score (nSPS) is 16.2. The molecule has 0 radical (unpaired) electrons. The molecule has 3 aromatic rings. The van der Waals surface area contributed by atoms with Gasteiger partial charge in [-0.3, -0.25) is 4.79 Å². The predicted octanol–water partition coefficient (Wildman–Crippen LogP) is 4.58. The Morgan fingerprint density at radius 2 is 2.00 bits per heavy atom. The van der Waals surface area contributed by atoms with Gasteiger partial charge in [0.15, 0.2) is 0 Å². The van der Waals surface area contributed by atoms with Crippen LogP contribution in [0, 0.1) is 0 Å². The van der Waals surface area contributed by atoms with Gasteiger partial charge in [0, 0.05) is 18.5 Å². The van der Waals surface area contributed by atoms with Crippen LogP contribution < -0.4 is 9.47 Å². The number of nitrogens with zero attached hydrogens (tertiary/aromatic N) is 2. The van der Waals surface area contributed by atoms with Gasteiger partial charge in [-0.15, -0.1) is 0 Å². The van der Waals surface area contributed by atoms with Gasteiger partial charge in [0.1, 0.15) is 23.3 Å². The molecule has 31 heavy (non-hydrogen) atoms. The number of carbonyl (C=O) groups is 1. The third kappa shape index (κ3) is 4.90. The van der Waals surface area contributed by atoms with Crippen LogP contribution in [0.1, 0.15) is 48.1 Å². The van der Waals surface area contributed by atoms with Crippen LogP contribution in [0.5, 0.6) is 11.5 Å². The van der Waals surface area contributed by atoms with Gasteiger partial charge in [-0.25, -0.2) is 4.98 Å². The lowest BCUT2D eigenvalue weighted by Crippen LogP contribution is -2.39. The van der Waals surface area contributed by atoms with Gasteiger partial charge in [-0.1, -0.05) is 30.3 Å². The van der Waals surface area contributed by atoms with Gasteiger partial charge in [0.2, 0.25) is 11.8 Å². The van der Waals surface area contributed by atoms with Crippen LogP contribution in [0.15, 0.2) is 59.1 Å². The summed E-state index contributed by atoms with van der Waals surface area (Å²) in [4.78, 5) is 19.6. The number of para-hydroxylation sites is 1. The monoisotopic (exact) mass is 420 g/mol. The first kappa shape index (κ1) is 21.0. The number of amides is 1. The van der Waals surface area contributed by atoms with Crippen LogP contribution in [-0.4, -0.2) is 36.6 Å². The SMILES string of the molecule is COc1cccc(CC(=O)N2CCCCC2c2ncc(Cc3ccccc3OC)o2)c1. The Morgan fingerprint density at radius 1 is 1.13 bits per heavy atom. The molecule has 0 bridgehead atoms. The first-order chi connectivity index (χ1) is 15.2. The molecular weight excluding hydrogens is 392 g/mol. The van der Waals surface area contributed by atoms with Crippen molar-refractivity contribution >= 4 is 5.91 Å². The molecular formula is C25H28N2O4. The minimum atomic E-state index is -0.127. The molecule has 0 N–H and O–H groups in total. The maximum Gasteiger partial charge on any atom is 0.227 e. The number of oxazole rings is 1. The van der Waals surface area contributed by atoms with E-state index in [1.54, 1.807) is 20.4 Å². The zero-order valence-electron chi connectivity index (χ0n) is 18.0. The first-order valence-corrected chi connectivity index (χ1v) is 10.7. The van der Waals surface area contributed by atoms with Gasteiger partial charge < -0.3 is 18.8 Å². The maximum atomic E-state index is 13.1. The summed E-state index contributed by atoms with van der Waals surface area (Å²) < 4.78 is 16.8. The van der Waals surface area contributed by atoms with Crippen LogP contribution in [0.4, 0.5) is 0 Å². The Morgan fingerprint density at radius 3 is 2.84 bits per heavy atom. The predicted molar refractivity (Wildman–Crippen MR) is 117 cm³/mol. The van der Waals surface area contributed by atoms with Crippen molar-refractivity contribution in [3.8, 4) is 11.5 Å². The van der Waals surface area contributed by atoms with Gasteiger partial charge >= 0.3 is 0 Å². The number of benzene rings is 2. The highest BCUT2D eigenvalue weighted by Crippen LogP contribution is 2.32. The second-order valence-electron chi connectivity index (χ2n) is 7.78. The van der Waals surface area contributed by atoms with Crippen LogP contribution in [0.3, 0.4) is 0 Å². The number of piperidine rings is 1. The van der Waals surface area contributed by atoms with E-state index in [-0.39, 0.29) is 11.9 Å². The molecule has 6 heteroatoms. The highest BCUT2D eigenvalue weighted by molar-refractivity contribution is 5.79. The number of rotatable bonds is 7. The van der Waals surface area contributed by atoms with Gasteiger partial charge in [0.25, 0.3) is 0 Å². The van der Waals surface area contributed by atoms with E-state index in [1.165, 1.54) is 0 Å². The molecule has 2 heterocycles. The summed E-state index contributed by atoms with van der Waals surface area (Å²) in [5.74, 6) is 3.05. The van der Waals surface area contributed by atoms with E-state index >= 15 is 0 Å². The Bertz CT molecular complexity index is 1030. The molecule has 4 rings (SSSR count). The van der Waals surface area contributed by atoms with Crippen molar-refractivity contribution in [2.75, 3.05) is 20.8 Å². The molecule has 1 atom stereocenters. The Balaban J connectivity index is 1.49. The molecule has 1 unspecified atom stereocenters. The lowest BCUT2D eigenvalue weighted by molar-refractivity contribution is -0.134. The zero-order valence-corrected chi connectivity index (χ0v) is 18.0. The lowest BCUT2D eigenvalue weighted by Gasteiger charge is -2.34. The molecule has 1 fully saturated rings. The summed E-state index contributed by atoms with van der Waals surface area (Å²) >= 11 is 0. The van der Waals surface area contributed by atoms with Crippen molar-refractivity contribution in [3.05, 3.63) is 77.5 Å². The quantitative estimate of drug-likeness (QED) is 0.560. The average Bonchev–Trinajstić information content (AvgIpc) is 3.28. The topological polar surface area (TPSA) is 64.8 Å². The van der Waals surface area contributed by atoms with E-state index in [9.17, 15) is 4.79 Å². The third-order valence-corrected chi connectivity index (χ3v) is 5.73. The van der Waals surface area contributed by atoms with Gasteiger partial charge in [0.05, 0.1) is 26.8 Å². The van der Waals surface area contributed by atoms with Crippen molar-refractivity contribution in [2.45, 2.75) is 38.1 Å². The number of likely N-dealkylation sites (tertiary alicyclic amines) is 1. The van der Waals surface area contributed by atoms with Crippen molar-refractivity contribution < 1.29 is 18.7 Å². The smallest absolute Gasteiger partial charge is 0.227 e. The van der Waals surface area contributed by atoms with Crippen molar-refractivity contribution in [1.82, 2.24) is 9.88 Å². The summed E-state index contributed by atoms with van der Waals surface area (Å²) in [5, 5.41) is 0. The average molecular weight is 421 g/mol. The van der Waals surface area contributed by atoms with Crippen LogP contribution in [0.2, 0.25) is 0 Å². The van der Waals surface area contributed by atoms with E-state index in [1.807, 2.05) is 53.4 Å². The molecule has 6 nitrogen and oxygen atoms in total. The van der Waals surface area contributed by atoms with Gasteiger partial charge in [-0.05, 0) is 43.0 Å². The molecule has 1 aliphatic heterocycles. The molecule has 1 aromatic heterocycles. The number of hydrogen-bond acceptors (Lipinski definition) is 5. The van der Waals surface area contributed by atoms with Crippen molar-refractivity contribution in [2.24, 2.45) is 0 Å². The zero-order chi connectivity index (χ0) is 21.6. The first-order valence-electron chi connectivity index (χ1n) is 10.7. The number of aromatic nitrogens is 1. The number of ether oxygens (including phenoxy) is 2. The Labute approximate surface area is 182 Å². The van der Waals surface area contributed by atoms with E-state index in [2.05, 4.69) is 4.98 Å². The van der Waals surface area contributed by atoms with E-state index in [0.717, 1.165) is 54.2 Å². The second kappa shape index (κ2) is 9.69. The van der Waals surface area contributed by atoms with Crippen LogP contribution in [0.25, 0.3) is 0 Å². The third-order valence-electron chi connectivity index (χ3n) is 5.73. The van der Waals surface area contributed by atoms with Crippen molar-refractivity contribution in [1.29, 1.82) is 0 Å². The number of carbonyl (C=O) groups excluding carboxylic acids is 1. The highest BCUT2D eigenvalue weighted by Gasteiger charge is 2.31. The number of methoxy groups -OCH3 is 2. The fraction of sp³-hybridized carbons (Fsp3) is 0.360. The summed E-state index contributed by atoms with van der Waals surface area (Å²) in [6.45, 7) is 0.720. The summed E-state index contributed by atoms with van der Waals surface area (Å²) in [6.07, 6.45) is 5.61. The Kier molecular flexibility index (Phi) is 6.55. The molecule has 1 saturated heterocycles. The van der Waals surface area contributed by atoms with E-state index < -0.39 is 0 Å². The molecule has 0 saturated carbocycles. The summed E-state index contributed by atoms with van der Waals surface area (Å²) in [6, 6.07) is 15.4. The molecule has 1 aliphatic rings. The maximum absolute atomic E-state index is 13.1. The fourth-order valence-corrected chi connectivity index (χ4v) is 4.14. The number of hydrogen-bond donors (Lipinski definition) is 0. The van der Waals surface area contributed by atoms with Gasteiger partial charge in [-0.2, -0.15) is 0 Å². The largest absolute Gasteiger partial charge is 0.497 e. The lowest BCUT2D eigenvalue weighted by atomic mass is 10.0. The molecule has 1 amide bonds. The van der Waals surface area contributed by atoms with Crippen LogP contribution >= 0.6 is 0 Å². The molecule has 0 spiro atoms. The van der Waals surface area contributed by atoms with E-state index in [4.69, 9.17) is 13.9 Å². The van der Waals surface area contributed by atoms with Crippen LogP contribution in [-0.2, 0) is 17.6 Å². The van der Waals surface area contributed by atoms with Crippen molar-refractivity contribution in [3.63, 3.8) is 0 Å². The Hall–Kier alpha value is -3.28. The van der Waals surface area contributed by atoms with E-state index in [0.29, 0.717) is 18.7 Å². The summed E-state index contributed by atoms with van der Waals surface area (Å²) in [5.41, 5.74) is 1.99. The standard InChI is InChI=1S/C25H28N2O4/c1-29-20-10-7-8-18(14-20)15-24(28)27-13-6-5-11-22(27)25-26-17-21(31-25)16-19-9-3-4-12-23(19)30-2/h3-4,7-10,12,14,17,22H,5-6,11,13,15-16H2,1-2H3. The molecule has 0 aliphatic carbocycles. The molecule has 2 aromatic carbocycles. The minimum Gasteiger partial charge on any atom is -0.497 e. The second-order valence-corrected chi connectivity index (χ2v) is 7.78. The highest BCUT2D eigenvalue weighted by atomic mass is 16.5. The molecule has 162 valence electrons. The summed E-state index contributed by atoms with van der Waals surface area (Å²) in [7, 11) is 3.30. The minimum absolute atomic E-state index is 0.0856.